The van der Waals surface area contributed by atoms with Gasteiger partial charge in [0.1, 0.15) is 0 Å². The number of hydrogen-bond acceptors (Lipinski definition) is 3. The van der Waals surface area contributed by atoms with Gasteiger partial charge in [-0.3, -0.25) is 0 Å². The molecule has 2 aliphatic carbocycles. The fraction of sp³-hybridized carbons (Fsp3) is 1.00. The highest BCUT2D eigenvalue weighted by Crippen LogP contribution is 2.33. The van der Waals surface area contributed by atoms with Crippen LogP contribution in [0, 0.1) is 0 Å². The minimum absolute atomic E-state index is 0.0504. The van der Waals surface area contributed by atoms with Gasteiger partial charge in [-0.1, -0.05) is 39.0 Å². The summed E-state index contributed by atoms with van der Waals surface area (Å²) in [6.45, 7) is 3.43. The molecular weight excluding hydrogens is 262 g/mol. The topological polar surface area (TPSA) is 41.5 Å². The van der Waals surface area contributed by atoms with E-state index < -0.39 is 0 Å². The van der Waals surface area contributed by atoms with Gasteiger partial charge in [-0.25, -0.2) is 0 Å². The summed E-state index contributed by atoms with van der Waals surface area (Å²) in [5.74, 6) is 0. The van der Waals surface area contributed by atoms with Crippen molar-refractivity contribution in [3.8, 4) is 0 Å². The molecule has 0 aromatic rings. The molecule has 2 N–H and O–H groups in total. The van der Waals surface area contributed by atoms with Crippen LogP contribution in [-0.2, 0) is 4.74 Å². The van der Waals surface area contributed by atoms with E-state index in [1.807, 2.05) is 0 Å². The number of unbranched alkanes of at least 4 members (excludes halogenated alkanes) is 5. The monoisotopic (exact) mass is 297 g/mol. The molecular formula is C18H35NO2. The summed E-state index contributed by atoms with van der Waals surface area (Å²) in [7, 11) is 0. The van der Waals surface area contributed by atoms with Gasteiger partial charge < -0.3 is 15.2 Å². The molecule has 0 heterocycles. The van der Waals surface area contributed by atoms with Crippen LogP contribution in [0.3, 0.4) is 0 Å². The predicted octanol–water partition coefficient (Wildman–Crippen LogP) is 3.79. The van der Waals surface area contributed by atoms with Crippen molar-refractivity contribution in [3.05, 3.63) is 0 Å². The van der Waals surface area contributed by atoms with Crippen LogP contribution in [0.4, 0.5) is 0 Å². The Bertz CT molecular complexity index is 280. The number of ether oxygens (including phenoxy) is 1. The molecule has 3 heteroatoms. The maximum Gasteiger partial charge on any atom is 0.0614 e. The van der Waals surface area contributed by atoms with E-state index in [1.54, 1.807) is 0 Å². The number of nitrogens with one attached hydrogen (secondary N) is 1. The molecule has 2 rings (SSSR count). The van der Waals surface area contributed by atoms with Crippen LogP contribution in [0.25, 0.3) is 0 Å². The first-order chi connectivity index (χ1) is 10.3. The van der Waals surface area contributed by atoms with Crippen molar-refractivity contribution in [1.29, 1.82) is 0 Å². The summed E-state index contributed by atoms with van der Waals surface area (Å²) in [5.41, 5.74) is -0.0504. The second-order valence-electron chi connectivity index (χ2n) is 7.21. The van der Waals surface area contributed by atoms with Gasteiger partial charge in [-0.15, -0.1) is 0 Å². The predicted molar refractivity (Wildman–Crippen MR) is 87.6 cm³/mol. The highest BCUT2D eigenvalue weighted by Gasteiger charge is 2.40. The molecule has 2 fully saturated rings. The first-order valence-corrected chi connectivity index (χ1v) is 9.28. The summed E-state index contributed by atoms with van der Waals surface area (Å²) in [4.78, 5) is 0. The molecule has 2 saturated carbocycles. The zero-order chi connectivity index (χ0) is 15.0. The molecule has 0 saturated heterocycles. The van der Waals surface area contributed by atoms with Crippen LogP contribution < -0.4 is 5.32 Å². The molecule has 2 aliphatic rings. The lowest BCUT2D eigenvalue weighted by atomic mass is 9.80. The Balaban J connectivity index is 1.59. The van der Waals surface area contributed by atoms with Crippen molar-refractivity contribution >= 4 is 0 Å². The van der Waals surface area contributed by atoms with Gasteiger partial charge in [0.05, 0.1) is 12.7 Å². The third-order valence-corrected chi connectivity index (χ3v) is 5.04. The van der Waals surface area contributed by atoms with Gasteiger partial charge in [0.15, 0.2) is 0 Å². The molecule has 0 spiro atoms. The molecule has 0 aromatic heterocycles. The van der Waals surface area contributed by atoms with Crippen molar-refractivity contribution in [3.63, 3.8) is 0 Å². The molecule has 3 nitrogen and oxygen atoms in total. The van der Waals surface area contributed by atoms with Gasteiger partial charge in [-0.2, -0.15) is 0 Å². The van der Waals surface area contributed by atoms with E-state index in [2.05, 4.69) is 12.2 Å². The third kappa shape index (κ3) is 6.25. The van der Waals surface area contributed by atoms with Crippen molar-refractivity contribution < 1.29 is 9.84 Å². The molecule has 0 aliphatic heterocycles. The van der Waals surface area contributed by atoms with E-state index in [0.717, 1.165) is 19.4 Å². The first kappa shape index (κ1) is 17.2. The Hall–Kier alpha value is -0.120. The van der Waals surface area contributed by atoms with E-state index in [4.69, 9.17) is 4.74 Å². The minimum Gasteiger partial charge on any atom is -0.394 e. The largest absolute Gasteiger partial charge is 0.394 e. The van der Waals surface area contributed by atoms with Crippen molar-refractivity contribution in [2.24, 2.45) is 0 Å². The van der Waals surface area contributed by atoms with Gasteiger partial charge in [-0.05, 0) is 44.9 Å². The fourth-order valence-electron chi connectivity index (χ4n) is 3.56. The normalized spacial score (nSPS) is 29.7. The zero-order valence-corrected chi connectivity index (χ0v) is 13.9. The molecule has 0 aromatic carbocycles. The smallest absolute Gasteiger partial charge is 0.0614 e. The van der Waals surface area contributed by atoms with E-state index >= 15 is 0 Å². The van der Waals surface area contributed by atoms with Crippen LogP contribution in [0.1, 0.15) is 84.0 Å². The van der Waals surface area contributed by atoms with E-state index in [9.17, 15) is 5.11 Å². The molecule has 0 radical (unpaired) electrons. The molecule has 2 unspecified atom stereocenters. The third-order valence-electron chi connectivity index (χ3n) is 5.04. The van der Waals surface area contributed by atoms with Crippen LogP contribution >= 0.6 is 0 Å². The molecule has 0 bridgehead atoms. The Labute approximate surface area is 130 Å². The van der Waals surface area contributed by atoms with E-state index in [0.29, 0.717) is 12.1 Å². The average Bonchev–Trinajstić information content (AvgIpc) is 3.30. The van der Waals surface area contributed by atoms with Crippen LogP contribution in [-0.4, -0.2) is 36.0 Å². The average molecular weight is 297 g/mol. The van der Waals surface area contributed by atoms with Gasteiger partial charge in [0.25, 0.3) is 0 Å². The second-order valence-corrected chi connectivity index (χ2v) is 7.21. The number of aliphatic hydroxyl groups is 1. The zero-order valence-electron chi connectivity index (χ0n) is 13.9. The lowest BCUT2D eigenvalue weighted by Gasteiger charge is -2.40. The van der Waals surface area contributed by atoms with Crippen molar-refractivity contribution in [2.75, 3.05) is 13.2 Å². The second kappa shape index (κ2) is 9.12. The van der Waals surface area contributed by atoms with E-state index in [1.165, 1.54) is 64.2 Å². The fourth-order valence-corrected chi connectivity index (χ4v) is 3.56. The minimum atomic E-state index is -0.0504. The lowest BCUT2D eigenvalue weighted by molar-refractivity contribution is -0.0175. The van der Waals surface area contributed by atoms with Crippen molar-refractivity contribution in [1.82, 2.24) is 5.32 Å². The maximum absolute atomic E-state index is 9.81. The number of hydrogen-bond donors (Lipinski definition) is 2. The Morgan fingerprint density at radius 1 is 1.10 bits per heavy atom. The Morgan fingerprint density at radius 3 is 2.57 bits per heavy atom. The summed E-state index contributed by atoms with van der Waals surface area (Å²) in [6, 6.07) is 0.662. The Morgan fingerprint density at radius 2 is 1.86 bits per heavy atom. The van der Waals surface area contributed by atoms with Crippen molar-refractivity contribution in [2.45, 2.75) is 102 Å². The lowest BCUT2D eigenvalue weighted by Crippen LogP contribution is -2.54. The highest BCUT2D eigenvalue weighted by atomic mass is 16.5. The molecule has 124 valence electrons. The van der Waals surface area contributed by atoms with E-state index in [-0.39, 0.29) is 12.1 Å². The standard InChI is InChI=1S/C18H35NO2/c1-2-3-4-5-6-7-13-21-17-9-8-12-18(14-17,15-20)19-16-10-11-16/h16-17,19-20H,2-15H2,1H3. The Kier molecular flexibility index (Phi) is 7.48. The van der Waals surface area contributed by atoms with Crippen LogP contribution in [0.5, 0.6) is 0 Å². The number of rotatable bonds is 11. The maximum atomic E-state index is 9.81. The SMILES string of the molecule is CCCCCCCCOC1CCCC(CO)(NC2CC2)C1. The molecule has 2 atom stereocenters. The van der Waals surface area contributed by atoms with Gasteiger partial charge >= 0.3 is 0 Å². The summed E-state index contributed by atoms with van der Waals surface area (Å²) in [6.07, 6.45) is 15.3. The number of aliphatic hydroxyl groups excluding tert-OH is 1. The molecule has 0 amide bonds. The first-order valence-electron chi connectivity index (χ1n) is 9.28. The molecule has 21 heavy (non-hydrogen) atoms. The van der Waals surface area contributed by atoms with Crippen LogP contribution in [0.15, 0.2) is 0 Å². The van der Waals surface area contributed by atoms with Gasteiger partial charge in [0.2, 0.25) is 0 Å². The quantitative estimate of drug-likeness (QED) is 0.570. The summed E-state index contributed by atoms with van der Waals surface area (Å²) >= 11 is 0. The van der Waals surface area contributed by atoms with Gasteiger partial charge in [0, 0.05) is 18.2 Å². The summed E-state index contributed by atoms with van der Waals surface area (Å²) in [5, 5.41) is 13.5. The van der Waals surface area contributed by atoms with Crippen LogP contribution in [0.2, 0.25) is 0 Å². The summed E-state index contributed by atoms with van der Waals surface area (Å²) < 4.78 is 6.10. The highest BCUT2D eigenvalue weighted by molar-refractivity contribution is 4.99.